The van der Waals surface area contributed by atoms with E-state index >= 15 is 0 Å². The second-order valence-electron chi connectivity index (χ2n) is 2.47. The molecule has 0 radical (unpaired) electrons. The molecule has 0 heterocycles. The van der Waals surface area contributed by atoms with Gasteiger partial charge in [0.1, 0.15) is 22.1 Å². The molecule has 0 bridgehead atoms. The van der Waals surface area contributed by atoms with Crippen LogP contribution in [-0.4, -0.2) is 4.75 Å². The Labute approximate surface area is 79.8 Å². The fourth-order valence-electron chi connectivity index (χ4n) is 0.140. The van der Waals surface area contributed by atoms with Crippen LogP contribution in [-0.2, 0) is 7.26 Å². The van der Waals surface area contributed by atoms with Crippen LogP contribution in [0.15, 0.2) is 0 Å². The van der Waals surface area contributed by atoms with E-state index in [4.69, 9.17) is 3.63 Å². The van der Waals surface area contributed by atoms with Crippen LogP contribution in [0.25, 0.3) is 0 Å². The summed E-state index contributed by atoms with van der Waals surface area (Å²) < 4.78 is 9.58. The highest BCUT2D eigenvalue weighted by Crippen LogP contribution is 2.35. The predicted molar refractivity (Wildman–Crippen MR) is 53.7 cm³/mol. The quantitative estimate of drug-likeness (QED) is 0.336. The first-order valence-electron chi connectivity index (χ1n) is 2.55. The molecule has 10 heavy (non-hydrogen) atoms. The number of thiol groups is 1. The smallest absolute Gasteiger partial charge is 0.109 e. The van der Waals surface area contributed by atoms with Gasteiger partial charge in [0.05, 0.1) is 0 Å². The lowest BCUT2D eigenvalue weighted by atomic mass is 10.3. The summed E-state index contributed by atoms with van der Waals surface area (Å²) in [5.41, 5.74) is 0. The Balaban J connectivity index is 3.04. The third kappa shape index (κ3) is 9.32. The maximum atomic E-state index is 5.06. The summed E-state index contributed by atoms with van der Waals surface area (Å²) >= 11 is 7.17. The molecule has 0 atom stereocenters. The first-order valence-corrected chi connectivity index (χ1v) is 5.66. The molecule has 0 unspecified atom stereocenters. The van der Waals surface area contributed by atoms with E-state index in [9.17, 15) is 0 Å². The standard InChI is InChI=1S/C4H10O2S4/c1-4(2,3)8-6-10-9-5-7/h7H,1-3H3. The zero-order chi connectivity index (χ0) is 8.04. The molecule has 0 aliphatic rings. The van der Waals surface area contributed by atoms with Crippen molar-refractivity contribution in [1.82, 2.24) is 0 Å². The number of rotatable bonds is 4. The van der Waals surface area contributed by atoms with Crippen LogP contribution in [0.5, 0.6) is 0 Å². The molecule has 62 valence electrons. The largest absolute Gasteiger partial charge is 0.237 e. The first kappa shape index (κ1) is 11.3. The zero-order valence-electron chi connectivity index (χ0n) is 5.99. The maximum Gasteiger partial charge on any atom is 0.109 e. The molecule has 0 aromatic rings. The molecule has 0 N–H and O–H groups in total. The minimum atomic E-state index is 0.129. The summed E-state index contributed by atoms with van der Waals surface area (Å²) in [4.78, 5) is 0. The molecule has 0 amide bonds. The molecule has 2 nitrogen and oxygen atoms in total. The molecule has 0 aromatic heterocycles. The summed E-state index contributed by atoms with van der Waals surface area (Å²) in [5, 5.41) is 0. The third-order valence-electron chi connectivity index (χ3n) is 0.370. The molecule has 0 saturated heterocycles. The van der Waals surface area contributed by atoms with Gasteiger partial charge in [-0.25, -0.2) is 7.26 Å². The highest BCUT2D eigenvalue weighted by molar-refractivity contribution is 8.74. The number of hydrogen-bond donors (Lipinski definition) is 1. The van der Waals surface area contributed by atoms with Crippen LogP contribution < -0.4 is 0 Å². The minimum absolute atomic E-state index is 0.129. The van der Waals surface area contributed by atoms with E-state index < -0.39 is 0 Å². The van der Waals surface area contributed by atoms with Gasteiger partial charge in [0.25, 0.3) is 0 Å². The van der Waals surface area contributed by atoms with E-state index in [2.05, 4.69) is 37.3 Å². The highest BCUT2D eigenvalue weighted by Gasteiger charge is 2.11. The van der Waals surface area contributed by atoms with Crippen molar-refractivity contribution in [3.8, 4) is 0 Å². The van der Waals surface area contributed by atoms with Gasteiger partial charge in [-0.2, -0.15) is 0 Å². The van der Waals surface area contributed by atoms with Crippen molar-refractivity contribution >= 4 is 47.1 Å². The summed E-state index contributed by atoms with van der Waals surface area (Å²) in [6, 6.07) is 0. The average Bonchev–Trinajstić information content (AvgIpc) is 1.78. The topological polar surface area (TPSA) is 18.5 Å². The Bertz CT molecular complexity index is 81.8. The molecule has 0 fully saturated rings. The minimum Gasteiger partial charge on any atom is -0.237 e. The van der Waals surface area contributed by atoms with Crippen molar-refractivity contribution in [2.45, 2.75) is 25.5 Å². The van der Waals surface area contributed by atoms with E-state index in [0.717, 1.165) is 22.1 Å². The fraction of sp³-hybridized carbons (Fsp3) is 1.00. The lowest BCUT2D eigenvalue weighted by molar-refractivity contribution is 0.696. The molecule has 0 saturated carbocycles. The van der Waals surface area contributed by atoms with Crippen LogP contribution in [0, 0.1) is 0 Å². The third-order valence-corrected chi connectivity index (χ3v) is 2.88. The SMILES string of the molecule is CC(C)(C)SOSSOS. The molecule has 0 rings (SSSR count). The maximum absolute atomic E-state index is 5.06. The van der Waals surface area contributed by atoms with Crippen LogP contribution in [0.3, 0.4) is 0 Å². The second kappa shape index (κ2) is 5.91. The van der Waals surface area contributed by atoms with Crippen molar-refractivity contribution in [3.63, 3.8) is 0 Å². The van der Waals surface area contributed by atoms with Crippen molar-refractivity contribution in [2.24, 2.45) is 0 Å². The van der Waals surface area contributed by atoms with Gasteiger partial charge in [-0.3, -0.25) is 0 Å². The monoisotopic (exact) mass is 218 g/mol. The molecule has 0 spiro atoms. The van der Waals surface area contributed by atoms with E-state index in [-0.39, 0.29) is 4.75 Å². The van der Waals surface area contributed by atoms with Gasteiger partial charge >= 0.3 is 0 Å². The second-order valence-corrected chi connectivity index (χ2v) is 6.10. The van der Waals surface area contributed by atoms with Crippen LogP contribution in [0.1, 0.15) is 20.8 Å². The normalized spacial score (nSPS) is 12.0. The molecule has 6 heteroatoms. The van der Waals surface area contributed by atoms with Gasteiger partial charge in [0, 0.05) is 16.8 Å². The first-order chi connectivity index (χ1) is 4.56. The lowest BCUT2D eigenvalue weighted by Crippen LogP contribution is -2.05. The molecule has 0 aliphatic heterocycles. The summed E-state index contributed by atoms with van der Waals surface area (Å²) in [6.45, 7) is 6.22. The van der Waals surface area contributed by atoms with Gasteiger partial charge in [-0.05, 0) is 33.7 Å². The Kier molecular flexibility index (Phi) is 6.69. The molecular weight excluding hydrogens is 208 g/mol. The van der Waals surface area contributed by atoms with Gasteiger partial charge < -0.3 is 0 Å². The molecule has 0 aliphatic carbocycles. The Morgan fingerprint density at radius 2 is 1.80 bits per heavy atom. The highest BCUT2D eigenvalue weighted by atomic mass is 33.1. The zero-order valence-corrected chi connectivity index (χ0v) is 9.33. The Hall–Kier alpha value is 1.32. The fourth-order valence-corrected chi connectivity index (χ4v) is 1.94. The average molecular weight is 218 g/mol. The van der Waals surface area contributed by atoms with Crippen LogP contribution >= 0.6 is 47.1 Å². The van der Waals surface area contributed by atoms with E-state index in [1.807, 2.05) is 0 Å². The van der Waals surface area contributed by atoms with Crippen molar-refractivity contribution in [2.75, 3.05) is 0 Å². The molecular formula is C4H10O2S4. The summed E-state index contributed by atoms with van der Waals surface area (Å²) in [5.74, 6) is 0. The molecule has 0 aromatic carbocycles. The predicted octanol–water partition coefficient (Wildman–Crippen LogP) is 3.52. The van der Waals surface area contributed by atoms with Crippen LogP contribution in [0.2, 0.25) is 0 Å². The van der Waals surface area contributed by atoms with Gasteiger partial charge in [0.15, 0.2) is 0 Å². The Morgan fingerprint density at radius 1 is 1.20 bits per heavy atom. The van der Waals surface area contributed by atoms with E-state index in [0.29, 0.717) is 0 Å². The summed E-state index contributed by atoms with van der Waals surface area (Å²) in [7, 11) is 0. The van der Waals surface area contributed by atoms with Gasteiger partial charge in [-0.15, -0.1) is 0 Å². The number of hydrogen-bond acceptors (Lipinski definition) is 6. The van der Waals surface area contributed by atoms with E-state index in [1.165, 1.54) is 12.0 Å². The lowest BCUT2D eigenvalue weighted by Gasteiger charge is -2.13. The van der Waals surface area contributed by atoms with Crippen molar-refractivity contribution in [3.05, 3.63) is 0 Å². The van der Waals surface area contributed by atoms with Crippen LogP contribution in [0.4, 0.5) is 0 Å². The summed E-state index contributed by atoms with van der Waals surface area (Å²) in [6.07, 6.45) is 0. The van der Waals surface area contributed by atoms with Crippen molar-refractivity contribution in [1.29, 1.82) is 0 Å². The van der Waals surface area contributed by atoms with Gasteiger partial charge in [-0.1, -0.05) is 0 Å². The van der Waals surface area contributed by atoms with Gasteiger partial charge in [0.2, 0.25) is 0 Å². The Morgan fingerprint density at radius 3 is 2.20 bits per heavy atom. The van der Waals surface area contributed by atoms with Crippen molar-refractivity contribution < 1.29 is 7.26 Å². The van der Waals surface area contributed by atoms with E-state index in [1.54, 1.807) is 0 Å².